The molecule has 0 aromatic heterocycles. The number of benzene rings is 1. The molecule has 6 heteroatoms. The second-order valence-corrected chi connectivity index (χ2v) is 4.80. The first-order chi connectivity index (χ1) is 9.54. The lowest BCUT2D eigenvalue weighted by molar-refractivity contribution is 0.170. The van der Waals surface area contributed by atoms with Crippen molar-refractivity contribution in [1.29, 1.82) is 0 Å². The van der Waals surface area contributed by atoms with Crippen molar-refractivity contribution in [3.8, 4) is 0 Å². The van der Waals surface area contributed by atoms with Crippen LogP contribution in [0, 0.1) is 11.6 Å². The normalized spacial score (nSPS) is 12.5. The van der Waals surface area contributed by atoms with Crippen LogP contribution in [-0.2, 0) is 15.4 Å². The number of anilines is 1. The smallest absolute Gasteiger partial charge is 0.149 e. The average Bonchev–Trinajstić information content (AvgIpc) is 2.41. The maximum atomic E-state index is 14.2. The van der Waals surface area contributed by atoms with Crippen LogP contribution >= 0.6 is 11.6 Å². The van der Waals surface area contributed by atoms with Crippen molar-refractivity contribution in [2.75, 3.05) is 38.9 Å². The van der Waals surface area contributed by atoms with Crippen molar-refractivity contribution < 1.29 is 18.3 Å². The third-order valence-corrected chi connectivity index (χ3v) is 3.30. The molecular weight excluding hydrogens is 288 g/mol. The maximum Gasteiger partial charge on any atom is 0.149 e. The van der Waals surface area contributed by atoms with Gasteiger partial charge in [-0.1, -0.05) is 0 Å². The molecule has 0 aliphatic rings. The summed E-state index contributed by atoms with van der Waals surface area (Å²) in [7, 11) is 3.09. The Balaban J connectivity index is 3.12. The molecule has 1 rings (SSSR count). The summed E-state index contributed by atoms with van der Waals surface area (Å²) in [6, 6.07) is 2.33. The van der Waals surface area contributed by atoms with Gasteiger partial charge in [0.25, 0.3) is 0 Å². The Bertz CT molecular complexity index is 409. The highest BCUT2D eigenvalue weighted by atomic mass is 35.5. The van der Waals surface area contributed by atoms with Crippen LogP contribution in [0.25, 0.3) is 0 Å². The van der Waals surface area contributed by atoms with Crippen LogP contribution in [0.5, 0.6) is 0 Å². The number of hydrogen-bond donors (Lipinski definition) is 0. The Morgan fingerprint density at radius 1 is 1.20 bits per heavy atom. The van der Waals surface area contributed by atoms with E-state index >= 15 is 0 Å². The first-order valence-electron chi connectivity index (χ1n) is 6.33. The fraction of sp³-hybridized carbons (Fsp3) is 0.571. The molecule has 1 unspecified atom stereocenters. The average molecular weight is 308 g/mol. The van der Waals surface area contributed by atoms with Crippen molar-refractivity contribution >= 4 is 17.3 Å². The molecule has 114 valence electrons. The lowest BCUT2D eigenvalue weighted by atomic mass is 10.1. The molecule has 3 nitrogen and oxygen atoms in total. The van der Waals surface area contributed by atoms with Gasteiger partial charge in [0.05, 0.1) is 13.2 Å². The Hall–Kier alpha value is -0.910. The highest BCUT2D eigenvalue weighted by Crippen LogP contribution is 2.27. The van der Waals surface area contributed by atoms with Gasteiger partial charge in [0.15, 0.2) is 0 Å². The maximum absolute atomic E-state index is 14.2. The Kier molecular flexibility index (Phi) is 7.19. The van der Waals surface area contributed by atoms with Crippen LogP contribution in [0.2, 0.25) is 0 Å². The quantitative estimate of drug-likeness (QED) is 0.689. The summed E-state index contributed by atoms with van der Waals surface area (Å²) in [5, 5.41) is 0. The summed E-state index contributed by atoms with van der Waals surface area (Å²) < 4.78 is 38.4. The molecule has 0 amide bonds. The molecule has 0 heterocycles. The summed E-state index contributed by atoms with van der Waals surface area (Å²) in [5.74, 6) is -1.18. The number of halogens is 3. The van der Waals surface area contributed by atoms with E-state index in [1.807, 2.05) is 6.92 Å². The topological polar surface area (TPSA) is 21.7 Å². The summed E-state index contributed by atoms with van der Waals surface area (Å²) in [6.07, 6.45) is 0. The molecule has 0 bridgehead atoms. The highest BCUT2D eigenvalue weighted by molar-refractivity contribution is 6.17. The zero-order valence-corrected chi connectivity index (χ0v) is 12.7. The van der Waals surface area contributed by atoms with Gasteiger partial charge in [0.1, 0.15) is 17.3 Å². The van der Waals surface area contributed by atoms with Gasteiger partial charge in [-0.15, -0.1) is 11.6 Å². The minimum Gasteiger partial charge on any atom is -0.383 e. The summed E-state index contributed by atoms with van der Waals surface area (Å²) in [6.45, 7) is 2.94. The van der Waals surface area contributed by atoms with Crippen molar-refractivity contribution in [3.05, 3.63) is 29.3 Å². The van der Waals surface area contributed by atoms with E-state index in [1.165, 1.54) is 12.1 Å². The fourth-order valence-corrected chi connectivity index (χ4v) is 2.20. The molecule has 1 aromatic rings. The standard InChI is InChI=1S/C14H20ClF2NO2/c1-10(9-20-3)18(4-5-19-2)14-12(16)6-11(8-15)7-13(14)17/h6-7,10H,4-5,8-9H2,1-3H3. The predicted octanol–water partition coefficient (Wildman–Crippen LogP) is 3.19. The zero-order chi connectivity index (χ0) is 15.1. The van der Waals surface area contributed by atoms with Gasteiger partial charge < -0.3 is 14.4 Å². The third kappa shape index (κ3) is 4.30. The van der Waals surface area contributed by atoms with Crippen molar-refractivity contribution in [1.82, 2.24) is 0 Å². The predicted molar refractivity (Wildman–Crippen MR) is 76.5 cm³/mol. The summed E-state index contributed by atoms with van der Waals surface area (Å²) in [5.41, 5.74) is 0.344. The van der Waals surface area contributed by atoms with E-state index in [9.17, 15) is 8.78 Å². The van der Waals surface area contributed by atoms with Gasteiger partial charge in [0, 0.05) is 32.7 Å². The summed E-state index contributed by atoms with van der Waals surface area (Å²) >= 11 is 5.61. The number of rotatable bonds is 8. The fourth-order valence-electron chi connectivity index (χ4n) is 2.04. The van der Waals surface area contributed by atoms with Crippen LogP contribution in [0.15, 0.2) is 12.1 Å². The second kappa shape index (κ2) is 8.39. The Morgan fingerprint density at radius 3 is 2.25 bits per heavy atom. The van der Waals surface area contributed by atoms with Crippen molar-refractivity contribution in [3.63, 3.8) is 0 Å². The molecule has 0 N–H and O–H groups in total. The number of methoxy groups -OCH3 is 2. The highest BCUT2D eigenvalue weighted by Gasteiger charge is 2.22. The SMILES string of the molecule is COCCN(c1c(F)cc(CCl)cc1F)C(C)COC. The Labute approximate surface area is 123 Å². The lowest BCUT2D eigenvalue weighted by Gasteiger charge is -2.31. The van der Waals surface area contributed by atoms with E-state index in [1.54, 1.807) is 19.1 Å². The molecule has 0 fully saturated rings. The van der Waals surface area contributed by atoms with Gasteiger partial charge in [0.2, 0.25) is 0 Å². The van der Waals surface area contributed by atoms with E-state index in [0.717, 1.165) is 0 Å². The number of hydrogen-bond acceptors (Lipinski definition) is 3. The number of nitrogens with zero attached hydrogens (tertiary/aromatic N) is 1. The zero-order valence-electron chi connectivity index (χ0n) is 12.0. The van der Waals surface area contributed by atoms with Gasteiger partial charge in [-0.3, -0.25) is 0 Å². The van der Waals surface area contributed by atoms with Crippen LogP contribution < -0.4 is 4.90 Å². The molecule has 0 aliphatic carbocycles. The van der Waals surface area contributed by atoms with E-state index < -0.39 is 11.6 Å². The molecule has 0 spiro atoms. The molecule has 0 radical (unpaired) electrons. The van der Waals surface area contributed by atoms with Crippen LogP contribution in [0.3, 0.4) is 0 Å². The molecule has 1 atom stereocenters. The monoisotopic (exact) mass is 307 g/mol. The number of ether oxygens (including phenoxy) is 2. The molecular formula is C14H20ClF2NO2. The Morgan fingerprint density at radius 2 is 1.80 bits per heavy atom. The van der Waals surface area contributed by atoms with Gasteiger partial charge in [-0.05, 0) is 24.6 Å². The summed E-state index contributed by atoms with van der Waals surface area (Å²) in [4.78, 5) is 1.61. The van der Waals surface area contributed by atoms with E-state index in [4.69, 9.17) is 21.1 Å². The molecule has 0 saturated heterocycles. The minimum absolute atomic E-state index is 0.0690. The first kappa shape index (κ1) is 17.1. The van der Waals surface area contributed by atoms with Crippen molar-refractivity contribution in [2.45, 2.75) is 18.8 Å². The molecule has 0 aliphatic heterocycles. The largest absolute Gasteiger partial charge is 0.383 e. The molecule has 20 heavy (non-hydrogen) atoms. The van der Waals surface area contributed by atoms with Gasteiger partial charge in [-0.25, -0.2) is 8.78 Å². The van der Waals surface area contributed by atoms with E-state index in [-0.39, 0.29) is 17.6 Å². The van der Waals surface area contributed by atoms with Gasteiger partial charge >= 0.3 is 0 Å². The minimum atomic E-state index is -0.625. The first-order valence-corrected chi connectivity index (χ1v) is 6.87. The number of alkyl halides is 1. The molecule has 0 saturated carbocycles. The third-order valence-electron chi connectivity index (χ3n) is 2.99. The second-order valence-electron chi connectivity index (χ2n) is 4.53. The van der Waals surface area contributed by atoms with E-state index in [2.05, 4.69) is 0 Å². The van der Waals surface area contributed by atoms with Crippen LogP contribution in [-0.4, -0.2) is 40.0 Å². The van der Waals surface area contributed by atoms with Crippen LogP contribution in [0.4, 0.5) is 14.5 Å². The molecule has 1 aromatic carbocycles. The lowest BCUT2D eigenvalue weighted by Crippen LogP contribution is -2.39. The van der Waals surface area contributed by atoms with Gasteiger partial charge in [-0.2, -0.15) is 0 Å². The van der Waals surface area contributed by atoms with Crippen molar-refractivity contribution in [2.24, 2.45) is 0 Å². The van der Waals surface area contributed by atoms with E-state index in [0.29, 0.717) is 25.3 Å². The van der Waals surface area contributed by atoms with Crippen LogP contribution in [0.1, 0.15) is 12.5 Å².